The Bertz CT molecular complexity index is 320. The first-order chi connectivity index (χ1) is 6.85. The third-order valence-corrected chi connectivity index (χ3v) is 2.45. The molecule has 1 aromatic rings. The molecule has 2 rings (SSSR count). The zero-order chi connectivity index (χ0) is 9.97. The molecule has 1 aromatic heterocycles. The van der Waals surface area contributed by atoms with E-state index < -0.39 is 0 Å². The average Bonchev–Trinajstić information content (AvgIpc) is 2.27. The van der Waals surface area contributed by atoms with Crippen LogP contribution in [-0.4, -0.2) is 9.97 Å². The van der Waals surface area contributed by atoms with E-state index in [9.17, 15) is 0 Å². The largest absolute Gasteiger partial charge is 0.308 e. The second-order valence-electron chi connectivity index (χ2n) is 3.32. The zero-order valence-corrected chi connectivity index (χ0v) is 7.88. The molecule has 0 fully saturated rings. The van der Waals surface area contributed by atoms with Crippen LogP contribution >= 0.6 is 0 Å². The van der Waals surface area contributed by atoms with Crippen molar-refractivity contribution >= 4 is 11.8 Å². The van der Waals surface area contributed by atoms with E-state index in [1.807, 2.05) is 0 Å². The molecule has 1 aliphatic carbocycles. The molecule has 0 aliphatic heterocycles. The summed E-state index contributed by atoms with van der Waals surface area (Å²) in [6, 6.07) is 0. The number of hydrogen-bond acceptors (Lipinski definition) is 6. The molecule has 0 saturated heterocycles. The molecule has 0 spiro atoms. The fraction of sp³-hybridized carbons (Fsp3) is 0.500. The molecule has 0 unspecified atom stereocenters. The summed E-state index contributed by atoms with van der Waals surface area (Å²) in [7, 11) is 0. The second kappa shape index (κ2) is 3.77. The van der Waals surface area contributed by atoms with E-state index >= 15 is 0 Å². The number of nitrogens with zero attached hydrogens (tertiary/aromatic N) is 2. The van der Waals surface area contributed by atoms with E-state index in [1.165, 1.54) is 6.42 Å². The summed E-state index contributed by atoms with van der Waals surface area (Å²) < 4.78 is 0. The second-order valence-corrected chi connectivity index (χ2v) is 3.32. The summed E-state index contributed by atoms with van der Waals surface area (Å²) >= 11 is 0. The average molecular weight is 194 g/mol. The van der Waals surface area contributed by atoms with Gasteiger partial charge < -0.3 is 5.43 Å². The van der Waals surface area contributed by atoms with Crippen molar-refractivity contribution in [3.05, 3.63) is 11.3 Å². The lowest BCUT2D eigenvalue weighted by Crippen LogP contribution is -2.19. The molecule has 6 nitrogen and oxygen atoms in total. The highest BCUT2D eigenvalue weighted by Gasteiger charge is 2.16. The molecule has 14 heavy (non-hydrogen) atoms. The SMILES string of the molecule is NNc1nc2c(c(NN)n1)CCCC2. The number of aromatic nitrogens is 2. The van der Waals surface area contributed by atoms with Gasteiger partial charge in [-0.1, -0.05) is 0 Å². The van der Waals surface area contributed by atoms with E-state index in [-0.39, 0.29) is 0 Å². The standard InChI is InChI=1S/C8H14N6/c9-13-7-5-3-1-2-4-6(5)11-8(12-7)14-10/h1-4,9-10H2,(H2,11,12,13,14). The van der Waals surface area contributed by atoms with Crippen LogP contribution in [0.5, 0.6) is 0 Å². The van der Waals surface area contributed by atoms with Crippen molar-refractivity contribution in [1.29, 1.82) is 0 Å². The fourth-order valence-electron chi connectivity index (χ4n) is 1.78. The first-order valence-electron chi connectivity index (χ1n) is 4.68. The van der Waals surface area contributed by atoms with Crippen molar-refractivity contribution in [2.75, 3.05) is 10.9 Å². The Hall–Kier alpha value is -1.40. The Morgan fingerprint density at radius 2 is 1.79 bits per heavy atom. The third kappa shape index (κ3) is 1.49. The van der Waals surface area contributed by atoms with Gasteiger partial charge in [0.15, 0.2) is 0 Å². The maximum absolute atomic E-state index is 5.39. The van der Waals surface area contributed by atoms with E-state index in [0.717, 1.165) is 30.5 Å². The van der Waals surface area contributed by atoms with Crippen LogP contribution in [0.1, 0.15) is 24.1 Å². The quantitative estimate of drug-likeness (QED) is 0.388. The van der Waals surface area contributed by atoms with E-state index in [1.54, 1.807) is 0 Å². The van der Waals surface area contributed by atoms with E-state index in [0.29, 0.717) is 11.8 Å². The van der Waals surface area contributed by atoms with Gasteiger partial charge in [-0.2, -0.15) is 4.98 Å². The third-order valence-electron chi connectivity index (χ3n) is 2.45. The number of anilines is 2. The molecule has 0 bridgehead atoms. The fourth-order valence-corrected chi connectivity index (χ4v) is 1.78. The minimum absolute atomic E-state index is 0.415. The van der Waals surface area contributed by atoms with Crippen molar-refractivity contribution in [3.8, 4) is 0 Å². The van der Waals surface area contributed by atoms with Crippen LogP contribution in [0.2, 0.25) is 0 Å². The van der Waals surface area contributed by atoms with Gasteiger partial charge in [0.25, 0.3) is 0 Å². The number of nitrogen functional groups attached to an aromatic ring is 2. The first kappa shape index (κ1) is 9.17. The lowest BCUT2D eigenvalue weighted by molar-refractivity contribution is 0.664. The van der Waals surface area contributed by atoms with Crippen molar-refractivity contribution in [3.63, 3.8) is 0 Å². The highest BCUT2D eigenvalue weighted by atomic mass is 15.3. The van der Waals surface area contributed by atoms with Gasteiger partial charge in [-0.25, -0.2) is 16.7 Å². The molecule has 6 heteroatoms. The van der Waals surface area contributed by atoms with E-state index in [4.69, 9.17) is 11.7 Å². The molecule has 0 atom stereocenters. The number of nitrogens with one attached hydrogen (secondary N) is 2. The zero-order valence-electron chi connectivity index (χ0n) is 7.88. The molecule has 76 valence electrons. The summed E-state index contributed by atoms with van der Waals surface area (Å²) in [5, 5.41) is 0. The lowest BCUT2D eigenvalue weighted by atomic mass is 9.96. The minimum atomic E-state index is 0.415. The van der Waals surface area contributed by atoms with Crippen molar-refractivity contribution in [1.82, 2.24) is 9.97 Å². The number of fused-ring (bicyclic) bond motifs is 1. The van der Waals surface area contributed by atoms with Crippen LogP contribution < -0.4 is 22.5 Å². The van der Waals surface area contributed by atoms with Gasteiger partial charge in [-0.15, -0.1) is 0 Å². The highest BCUT2D eigenvalue weighted by molar-refractivity contribution is 5.50. The van der Waals surface area contributed by atoms with Gasteiger partial charge in [-0.3, -0.25) is 5.43 Å². The monoisotopic (exact) mass is 194 g/mol. The highest BCUT2D eigenvalue weighted by Crippen LogP contribution is 2.25. The van der Waals surface area contributed by atoms with Crippen LogP contribution in [-0.2, 0) is 12.8 Å². The molecular formula is C8H14N6. The summed E-state index contributed by atoms with van der Waals surface area (Å²) in [6.07, 6.45) is 4.29. The maximum Gasteiger partial charge on any atom is 0.239 e. The summed E-state index contributed by atoms with van der Waals surface area (Å²) in [6.45, 7) is 0. The molecular weight excluding hydrogens is 180 g/mol. The van der Waals surface area contributed by atoms with Crippen LogP contribution in [0.3, 0.4) is 0 Å². The molecule has 0 amide bonds. The predicted octanol–water partition coefficient (Wildman–Crippen LogP) is -0.0734. The molecule has 1 aliphatic rings. The molecule has 0 radical (unpaired) electrons. The predicted molar refractivity (Wildman–Crippen MR) is 54.3 cm³/mol. The number of rotatable bonds is 2. The van der Waals surface area contributed by atoms with Gasteiger partial charge in [0.1, 0.15) is 5.82 Å². The molecule has 0 aromatic carbocycles. The number of hydrazine groups is 2. The van der Waals surface area contributed by atoms with Crippen LogP contribution in [0.4, 0.5) is 11.8 Å². The van der Waals surface area contributed by atoms with Gasteiger partial charge in [0.2, 0.25) is 5.95 Å². The van der Waals surface area contributed by atoms with Crippen LogP contribution in [0.25, 0.3) is 0 Å². The molecule has 6 N–H and O–H groups in total. The Labute approximate surface area is 82.0 Å². The Morgan fingerprint density at radius 1 is 1.00 bits per heavy atom. The summed E-state index contributed by atoms with van der Waals surface area (Å²) in [4.78, 5) is 8.44. The Kier molecular flexibility index (Phi) is 2.47. The number of aryl methyl sites for hydroxylation is 1. The Balaban J connectivity index is 2.47. The maximum atomic E-state index is 5.39. The smallest absolute Gasteiger partial charge is 0.239 e. The molecule has 1 heterocycles. The van der Waals surface area contributed by atoms with Gasteiger partial charge in [0, 0.05) is 5.56 Å². The van der Waals surface area contributed by atoms with E-state index in [2.05, 4.69) is 20.8 Å². The van der Waals surface area contributed by atoms with Crippen LogP contribution in [0.15, 0.2) is 0 Å². The van der Waals surface area contributed by atoms with Gasteiger partial charge in [0.05, 0.1) is 5.69 Å². The van der Waals surface area contributed by atoms with Crippen LogP contribution in [0, 0.1) is 0 Å². The summed E-state index contributed by atoms with van der Waals surface area (Å²) in [5.41, 5.74) is 7.19. The minimum Gasteiger partial charge on any atom is -0.308 e. The van der Waals surface area contributed by atoms with Crippen molar-refractivity contribution in [2.24, 2.45) is 11.7 Å². The number of nitrogens with two attached hydrogens (primary N) is 2. The summed E-state index contributed by atoms with van der Waals surface area (Å²) in [5.74, 6) is 11.7. The van der Waals surface area contributed by atoms with Gasteiger partial charge in [-0.05, 0) is 25.7 Å². The van der Waals surface area contributed by atoms with Crippen molar-refractivity contribution < 1.29 is 0 Å². The van der Waals surface area contributed by atoms with Gasteiger partial charge >= 0.3 is 0 Å². The normalized spacial score (nSPS) is 14.7. The Morgan fingerprint density at radius 3 is 2.50 bits per heavy atom. The molecule has 0 saturated carbocycles. The first-order valence-corrected chi connectivity index (χ1v) is 4.68. The lowest BCUT2D eigenvalue weighted by Gasteiger charge is -2.18. The number of hydrogen-bond donors (Lipinski definition) is 4. The van der Waals surface area contributed by atoms with Crippen molar-refractivity contribution in [2.45, 2.75) is 25.7 Å². The topological polar surface area (TPSA) is 102 Å².